The Morgan fingerprint density at radius 1 is 0.526 bits per heavy atom. The molecule has 3 heteroatoms. The molecule has 19 heavy (non-hydrogen) atoms. The molecule has 4 rings (SSSR count). The predicted octanol–water partition coefficient (Wildman–Crippen LogP) is 4.45. The number of nitrogens with one attached hydrogen (secondary N) is 2. The number of benzene rings is 2. The molecule has 96 valence electrons. The SMILES string of the molecule is S.c1ccc2[nH]ccc2c1.c1ccc2[nH]ccc2c1. The summed E-state index contributed by atoms with van der Waals surface area (Å²) < 4.78 is 0. The van der Waals surface area contributed by atoms with Crippen LogP contribution in [0.15, 0.2) is 73.1 Å². The highest BCUT2D eigenvalue weighted by molar-refractivity contribution is 7.59. The number of rotatable bonds is 0. The van der Waals surface area contributed by atoms with Gasteiger partial charge in [-0.1, -0.05) is 36.4 Å². The summed E-state index contributed by atoms with van der Waals surface area (Å²) in [6, 6.07) is 20.6. The van der Waals surface area contributed by atoms with Gasteiger partial charge in [-0.05, 0) is 35.0 Å². The van der Waals surface area contributed by atoms with Gasteiger partial charge >= 0.3 is 0 Å². The van der Waals surface area contributed by atoms with Crippen LogP contribution in [-0.4, -0.2) is 9.97 Å². The van der Waals surface area contributed by atoms with Crippen molar-refractivity contribution >= 4 is 35.3 Å². The largest absolute Gasteiger partial charge is 0.361 e. The van der Waals surface area contributed by atoms with E-state index in [1.807, 2.05) is 36.7 Å². The number of H-pyrrole nitrogens is 2. The molecule has 0 atom stereocenters. The van der Waals surface area contributed by atoms with Gasteiger partial charge in [-0.15, -0.1) is 0 Å². The van der Waals surface area contributed by atoms with Gasteiger partial charge in [-0.3, -0.25) is 0 Å². The molecule has 2 aromatic heterocycles. The zero-order valence-electron chi connectivity index (χ0n) is 10.4. The van der Waals surface area contributed by atoms with Crippen LogP contribution < -0.4 is 0 Å². The van der Waals surface area contributed by atoms with Crippen molar-refractivity contribution in [3.8, 4) is 0 Å². The molecule has 0 unspecified atom stereocenters. The molecule has 0 saturated heterocycles. The molecule has 0 aliphatic rings. The lowest BCUT2D eigenvalue weighted by Gasteiger charge is -1.83. The molecule has 2 N–H and O–H groups in total. The Kier molecular flexibility index (Phi) is 4.31. The molecule has 2 nitrogen and oxygen atoms in total. The molecule has 4 aromatic rings. The first-order valence-electron chi connectivity index (χ1n) is 5.98. The fourth-order valence-electron chi connectivity index (χ4n) is 1.99. The molecule has 2 aromatic carbocycles. The normalized spacial score (nSPS) is 9.68. The van der Waals surface area contributed by atoms with Gasteiger partial charge in [-0.25, -0.2) is 0 Å². The molecular weight excluding hydrogens is 252 g/mol. The summed E-state index contributed by atoms with van der Waals surface area (Å²) in [7, 11) is 0. The second kappa shape index (κ2) is 6.16. The molecule has 0 saturated carbocycles. The Hall–Kier alpha value is -2.13. The Morgan fingerprint density at radius 2 is 0.947 bits per heavy atom. The zero-order chi connectivity index (χ0) is 12.2. The van der Waals surface area contributed by atoms with E-state index in [2.05, 4.69) is 46.4 Å². The molecule has 0 amide bonds. The van der Waals surface area contributed by atoms with Gasteiger partial charge in [0.25, 0.3) is 0 Å². The second-order valence-electron chi connectivity index (χ2n) is 4.13. The molecular formula is C16H16N2S. The van der Waals surface area contributed by atoms with Gasteiger partial charge < -0.3 is 9.97 Å². The summed E-state index contributed by atoms with van der Waals surface area (Å²) in [5, 5.41) is 2.55. The van der Waals surface area contributed by atoms with Crippen molar-refractivity contribution in [3.63, 3.8) is 0 Å². The third kappa shape index (κ3) is 3.01. The van der Waals surface area contributed by atoms with Crippen LogP contribution in [0.4, 0.5) is 0 Å². The van der Waals surface area contributed by atoms with E-state index < -0.39 is 0 Å². The van der Waals surface area contributed by atoms with E-state index in [1.54, 1.807) is 0 Å². The minimum Gasteiger partial charge on any atom is -0.361 e. The second-order valence-corrected chi connectivity index (χ2v) is 4.13. The Balaban J connectivity index is 0.000000133. The van der Waals surface area contributed by atoms with Crippen molar-refractivity contribution < 1.29 is 0 Å². The van der Waals surface area contributed by atoms with E-state index in [1.165, 1.54) is 21.8 Å². The van der Waals surface area contributed by atoms with Gasteiger partial charge in [0.2, 0.25) is 0 Å². The van der Waals surface area contributed by atoms with Crippen LogP contribution in [0.1, 0.15) is 0 Å². The van der Waals surface area contributed by atoms with Gasteiger partial charge in [0, 0.05) is 23.4 Å². The van der Waals surface area contributed by atoms with Crippen LogP contribution in [0, 0.1) is 0 Å². The Morgan fingerprint density at radius 3 is 1.37 bits per heavy atom. The van der Waals surface area contributed by atoms with Gasteiger partial charge in [0.05, 0.1) is 0 Å². The van der Waals surface area contributed by atoms with Crippen molar-refractivity contribution in [2.45, 2.75) is 0 Å². The average Bonchev–Trinajstić information content (AvgIpc) is 3.08. The van der Waals surface area contributed by atoms with Crippen molar-refractivity contribution in [2.75, 3.05) is 0 Å². The molecule has 0 radical (unpaired) electrons. The lowest BCUT2D eigenvalue weighted by atomic mass is 10.3. The number of fused-ring (bicyclic) bond motifs is 2. The Bertz CT molecular complexity index is 629. The number of hydrogen-bond acceptors (Lipinski definition) is 0. The van der Waals surface area contributed by atoms with Gasteiger partial charge in [-0.2, -0.15) is 13.5 Å². The highest BCUT2D eigenvalue weighted by Gasteiger charge is 1.87. The molecule has 0 aliphatic carbocycles. The van der Waals surface area contributed by atoms with E-state index in [0.29, 0.717) is 0 Å². The van der Waals surface area contributed by atoms with Crippen molar-refractivity contribution in [2.24, 2.45) is 0 Å². The van der Waals surface area contributed by atoms with Crippen molar-refractivity contribution in [1.82, 2.24) is 9.97 Å². The lowest BCUT2D eigenvalue weighted by molar-refractivity contribution is 1.48. The predicted molar refractivity (Wildman–Crippen MR) is 87.0 cm³/mol. The van der Waals surface area contributed by atoms with E-state index in [9.17, 15) is 0 Å². The topological polar surface area (TPSA) is 31.6 Å². The summed E-state index contributed by atoms with van der Waals surface area (Å²) >= 11 is 0. The van der Waals surface area contributed by atoms with Crippen molar-refractivity contribution in [1.29, 1.82) is 0 Å². The number of para-hydroxylation sites is 2. The van der Waals surface area contributed by atoms with E-state index >= 15 is 0 Å². The van der Waals surface area contributed by atoms with Crippen LogP contribution in [-0.2, 0) is 0 Å². The molecule has 2 heterocycles. The third-order valence-corrected chi connectivity index (χ3v) is 2.93. The molecule has 0 aliphatic heterocycles. The summed E-state index contributed by atoms with van der Waals surface area (Å²) in [6.45, 7) is 0. The minimum atomic E-state index is 0. The molecule has 0 spiro atoms. The number of hydrogen-bond donors (Lipinski definition) is 2. The van der Waals surface area contributed by atoms with Crippen LogP contribution in [0.2, 0.25) is 0 Å². The average molecular weight is 268 g/mol. The highest BCUT2D eigenvalue weighted by atomic mass is 32.1. The van der Waals surface area contributed by atoms with Crippen molar-refractivity contribution in [3.05, 3.63) is 73.1 Å². The van der Waals surface area contributed by atoms with Crippen LogP contribution >= 0.6 is 13.5 Å². The van der Waals surface area contributed by atoms with E-state index in [0.717, 1.165) is 0 Å². The third-order valence-electron chi connectivity index (χ3n) is 2.93. The minimum absolute atomic E-state index is 0. The molecule has 0 bridgehead atoms. The highest BCUT2D eigenvalue weighted by Crippen LogP contribution is 2.09. The number of aromatic amines is 2. The van der Waals surface area contributed by atoms with E-state index in [-0.39, 0.29) is 13.5 Å². The number of aromatic nitrogens is 2. The maximum absolute atomic E-state index is 3.12. The van der Waals surface area contributed by atoms with Gasteiger partial charge in [0.15, 0.2) is 0 Å². The fraction of sp³-hybridized carbons (Fsp3) is 0. The summed E-state index contributed by atoms with van der Waals surface area (Å²) in [5.41, 5.74) is 2.41. The monoisotopic (exact) mass is 268 g/mol. The zero-order valence-corrected chi connectivity index (χ0v) is 11.4. The Labute approximate surface area is 118 Å². The lowest BCUT2D eigenvalue weighted by Crippen LogP contribution is -1.61. The first kappa shape index (κ1) is 13.3. The van der Waals surface area contributed by atoms with Crippen LogP contribution in [0.5, 0.6) is 0 Å². The molecule has 0 fully saturated rings. The van der Waals surface area contributed by atoms with Gasteiger partial charge in [0.1, 0.15) is 0 Å². The first-order chi connectivity index (χ1) is 8.93. The first-order valence-corrected chi connectivity index (χ1v) is 5.98. The smallest absolute Gasteiger partial charge is 0.0453 e. The standard InChI is InChI=1S/2C8H7N.H2S/c2*1-2-4-8-7(3-1)5-6-9-8;/h2*1-6,9H;1H2. The van der Waals surface area contributed by atoms with Crippen LogP contribution in [0.3, 0.4) is 0 Å². The quantitative estimate of drug-likeness (QED) is 0.472. The van der Waals surface area contributed by atoms with Crippen LogP contribution in [0.25, 0.3) is 21.8 Å². The maximum Gasteiger partial charge on any atom is 0.0453 e. The fourth-order valence-corrected chi connectivity index (χ4v) is 1.99. The maximum atomic E-state index is 3.12. The summed E-state index contributed by atoms with van der Waals surface area (Å²) in [6.07, 6.45) is 3.90. The van der Waals surface area contributed by atoms with E-state index in [4.69, 9.17) is 0 Å². The summed E-state index contributed by atoms with van der Waals surface area (Å²) in [4.78, 5) is 6.24. The summed E-state index contributed by atoms with van der Waals surface area (Å²) in [5.74, 6) is 0.